The molecule has 0 amide bonds. The summed E-state index contributed by atoms with van der Waals surface area (Å²) < 4.78 is 7.62. The van der Waals surface area contributed by atoms with Crippen molar-refractivity contribution in [3.63, 3.8) is 0 Å². The van der Waals surface area contributed by atoms with Gasteiger partial charge in [0.15, 0.2) is 0 Å². The minimum atomic E-state index is 0.0447. The van der Waals surface area contributed by atoms with Crippen LogP contribution in [0.1, 0.15) is 51.0 Å². The smallest absolute Gasteiger partial charge is 0.104 e. The summed E-state index contributed by atoms with van der Waals surface area (Å²) in [6.45, 7) is 7.83. The largest absolute Gasteiger partial charge is 0.368 e. The van der Waals surface area contributed by atoms with E-state index in [1.807, 2.05) is 0 Å². The number of fused-ring (bicyclic) bond motifs is 2. The highest BCUT2D eigenvalue weighted by Crippen LogP contribution is 2.66. The van der Waals surface area contributed by atoms with Gasteiger partial charge in [-0.25, -0.2) is 0 Å². The van der Waals surface area contributed by atoms with E-state index < -0.39 is 0 Å². The molecule has 0 aromatic carbocycles. The highest BCUT2D eigenvalue weighted by molar-refractivity contribution is 9.10. The van der Waals surface area contributed by atoms with Gasteiger partial charge in [-0.3, -0.25) is 0 Å². The van der Waals surface area contributed by atoms with Gasteiger partial charge in [0.05, 0.1) is 6.10 Å². The molecule has 1 aromatic rings. The van der Waals surface area contributed by atoms with Crippen LogP contribution in [0.3, 0.4) is 0 Å². The molecule has 2 aliphatic carbocycles. The zero-order valence-corrected chi connectivity index (χ0v) is 14.9. The molecule has 20 heavy (non-hydrogen) atoms. The summed E-state index contributed by atoms with van der Waals surface area (Å²) in [6.07, 6.45) is 4.25. The summed E-state index contributed by atoms with van der Waals surface area (Å²) in [4.78, 5) is 1.24. The van der Waals surface area contributed by atoms with Gasteiger partial charge in [0.2, 0.25) is 0 Å². The van der Waals surface area contributed by atoms with Crippen LogP contribution in [0.5, 0.6) is 0 Å². The van der Waals surface area contributed by atoms with Crippen molar-refractivity contribution >= 4 is 27.3 Å². The van der Waals surface area contributed by atoms with Gasteiger partial charge in [0.1, 0.15) is 6.10 Å². The van der Waals surface area contributed by atoms with E-state index in [1.165, 1.54) is 24.1 Å². The Kier molecular flexibility index (Phi) is 3.81. The van der Waals surface area contributed by atoms with Crippen LogP contribution >= 0.6 is 27.3 Å². The van der Waals surface area contributed by atoms with Gasteiger partial charge in [0, 0.05) is 21.3 Å². The van der Waals surface area contributed by atoms with Crippen molar-refractivity contribution in [2.75, 3.05) is 6.54 Å². The van der Waals surface area contributed by atoms with Crippen molar-refractivity contribution < 1.29 is 4.74 Å². The zero-order valence-electron chi connectivity index (χ0n) is 12.5. The molecule has 4 unspecified atom stereocenters. The lowest BCUT2D eigenvalue weighted by atomic mass is 9.70. The van der Waals surface area contributed by atoms with E-state index in [2.05, 4.69) is 48.1 Å². The Morgan fingerprint density at radius 2 is 2.25 bits per heavy atom. The van der Waals surface area contributed by atoms with Gasteiger partial charge < -0.3 is 10.5 Å². The first kappa shape index (κ1) is 15.0. The predicted molar refractivity (Wildman–Crippen MR) is 87.9 cm³/mol. The zero-order chi connectivity index (χ0) is 14.5. The molecule has 2 saturated carbocycles. The van der Waals surface area contributed by atoms with Crippen molar-refractivity contribution in [1.82, 2.24) is 0 Å². The molecule has 1 aromatic heterocycles. The fraction of sp³-hybridized carbons (Fsp3) is 0.750. The predicted octanol–water partition coefficient (Wildman–Crippen LogP) is 4.74. The van der Waals surface area contributed by atoms with Crippen LogP contribution in [0, 0.1) is 16.7 Å². The van der Waals surface area contributed by atoms with Crippen molar-refractivity contribution in [2.24, 2.45) is 22.5 Å². The second-order valence-electron chi connectivity index (χ2n) is 7.13. The van der Waals surface area contributed by atoms with Gasteiger partial charge in [0.25, 0.3) is 0 Å². The molecule has 2 fully saturated rings. The fourth-order valence-electron chi connectivity index (χ4n) is 4.27. The van der Waals surface area contributed by atoms with Crippen LogP contribution in [-0.2, 0) is 4.74 Å². The van der Waals surface area contributed by atoms with Crippen LogP contribution in [0.2, 0.25) is 0 Å². The molecular weight excluding hydrogens is 334 g/mol. The second kappa shape index (κ2) is 5.08. The van der Waals surface area contributed by atoms with E-state index in [1.54, 1.807) is 11.3 Å². The summed E-state index contributed by atoms with van der Waals surface area (Å²) in [7, 11) is 0. The Morgan fingerprint density at radius 3 is 2.70 bits per heavy atom. The maximum absolute atomic E-state index is 6.50. The number of halogens is 1. The molecule has 3 rings (SSSR count). The third-order valence-corrected chi connectivity index (χ3v) is 7.95. The molecule has 4 atom stereocenters. The standard InChI is InChI=1S/C16H24BrNOS/c1-15(2)10-4-5-16(15,3)14(6-10)19-12(8-18)13-7-11(17)9-20-13/h7,9-10,12,14H,4-6,8,18H2,1-3H3. The molecule has 2 bridgehead atoms. The van der Waals surface area contributed by atoms with E-state index in [-0.39, 0.29) is 6.10 Å². The van der Waals surface area contributed by atoms with Crippen LogP contribution in [-0.4, -0.2) is 12.6 Å². The van der Waals surface area contributed by atoms with E-state index in [9.17, 15) is 0 Å². The topological polar surface area (TPSA) is 35.2 Å². The third-order valence-electron chi connectivity index (χ3n) is 6.16. The SMILES string of the molecule is CC1(C)C2CCC1(C)C(OC(CN)c1cc(Br)cs1)C2. The minimum Gasteiger partial charge on any atom is -0.368 e. The van der Waals surface area contributed by atoms with Gasteiger partial charge in [-0.2, -0.15) is 0 Å². The molecule has 0 spiro atoms. The molecule has 0 saturated heterocycles. The van der Waals surface area contributed by atoms with Crippen molar-refractivity contribution in [2.45, 2.75) is 52.2 Å². The molecule has 2 N–H and O–H groups in total. The highest BCUT2D eigenvalue weighted by atomic mass is 79.9. The van der Waals surface area contributed by atoms with Crippen LogP contribution in [0.15, 0.2) is 15.9 Å². The quantitative estimate of drug-likeness (QED) is 0.844. The number of nitrogens with two attached hydrogens (primary N) is 1. The molecule has 4 heteroatoms. The lowest BCUT2D eigenvalue weighted by Crippen LogP contribution is -2.38. The number of hydrogen-bond donors (Lipinski definition) is 1. The average Bonchev–Trinajstić information content (AvgIpc) is 2.97. The first-order valence-corrected chi connectivity index (χ1v) is 9.15. The summed E-state index contributed by atoms with van der Waals surface area (Å²) in [6, 6.07) is 2.14. The van der Waals surface area contributed by atoms with Gasteiger partial charge in [-0.05, 0) is 58.0 Å². The summed E-state index contributed by atoms with van der Waals surface area (Å²) in [5.41, 5.74) is 6.67. The lowest BCUT2D eigenvalue weighted by molar-refractivity contribution is -0.0837. The van der Waals surface area contributed by atoms with Gasteiger partial charge >= 0.3 is 0 Å². The Hall–Kier alpha value is 0.1000. The Bertz CT molecular complexity index is 500. The number of hydrogen-bond acceptors (Lipinski definition) is 3. The molecule has 2 aliphatic rings. The van der Waals surface area contributed by atoms with Gasteiger partial charge in [-0.15, -0.1) is 11.3 Å². The fourth-order valence-corrected chi connectivity index (χ4v) is 5.76. The van der Waals surface area contributed by atoms with Gasteiger partial charge in [-0.1, -0.05) is 20.8 Å². The minimum absolute atomic E-state index is 0.0447. The van der Waals surface area contributed by atoms with Crippen LogP contribution < -0.4 is 5.73 Å². The van der Waals surface area contributed by atoms with Crippen LogP contribution in [0.25, 0.3) is 0 Å². The maximum Gasteiger partial charge on any atom is 0.104 e. The molecule has 0 radical (unpaired) electrons. The Balaban J connectivity index is 1.78. The Morgan fingerprint density at radius 1 is 1.50 bits per heavy atom. The number of rotatable bonds is 4. The normalized spacial score (nSPS) is 36.5. The summed E-state index contributed by atoms with van der Waals surface area (Å²) in [5, 5.41) is 2.10. The Labute approximate surface area is 134 Å². The van der Waals surface area contributed by atoms with Crippen molar-refractivity contribution in [3.8, 4) is 0 Å². The van der Waals surface area contributed by atoms with Crippen molar-refractivity contribution in [3.05, 3.63) is 20.8 Å². The third kappa shape index (κ3) is 2.11. The molecule has 2 nitrogen and oxygen atoms in total. The maximum atomic E-state index is 6.50. The second-order valence-corrected chi connectivity index (χ2v) is 8.99. The van der Waals surface area contributed by atoms with E-state index in [0.717, 1.165) is 10.4 Å². The lowest BCUT2D eigenvalue weighted by Gasteiger charge is -2.40. The number of ether oxygens (including phenoxy) is 1. The molecule has 0 aliphatic heterocycles. The monoisotopic (exact) mass is 357 g/mol. The molecule has 1 heterocycles. The average molecular weight is 358 g/mol. The highest BCUT2D eigenvalue weighted by Gasteiger charge is 2.62. The van der Waals surface area contributed by atoms with E-state index in [4.69, 9.17) is 10.5 Å². The molecule has 112 valence electrons. The molecular formula is C16H24BrNOS. The first-order valence-electron chi connectivity index (χ1n) is 7.48. The van der Waals surface area contributed by atoms with E-state index in [0.29, 0.717) is 23.5 Å². The first-order chi connectivity index (χ1) is 9.38. The summed E-state index contributed by atoms with van der Waals surface area (Å²) >= 11 is 5.25. The van der Waals surface area contributed by atoms with E-state index >= 15 is 0 Å². The van der Waals surface area contributed by atoms with Crippen LogP contribution in [0.4, 0.5) is 0 Å². The van der Waals surface area contributed by atoms with Crippen molar-refractivity contribution in [1.29, 1.82) is 0 Å². The number of thiophene rings is 1. The summed E-state index contributed by atoms with van der Waals surface area (Å²) in [5.74, 6) is 0.811.